The van der Waals surface area contributed by atoms with Crippen molar-refractivity contribution in [1.29, 1.82) is 0 Å². The highest BCUT2D eigenvalue weighted by molar-refractivity contribution is 7.08. The van der Waals surface area contributed by atoms with Crippen molar-refractivity contribution in [1.82, 2.24) is 24.0 Å². The lowest BCUT2D eigenvalue weighted by Crippen LogP contribution is -2.32. The first-order valence-corrected chi connectivity index (χ1v) is 9.02. The van der Waals surface area contributed by atoms with E-state index in [1.54, 1.807) is 28.1 Å². The number of aromatic nitrogens is 4. The number of rotatable bonds is 3. The second kappa shape index (κ2) is 6.64. The van der Waals surface area contributed by atoms with Crippen molar-refractivity contribution in [2.24, 2.45) is 0 Å². The second-order valence-corrected chi connectivity index (χ2v) is 6.76. The van der Waals surface area contributed by atoms with E-state index in [4.69, 9.17) is 0 Å². The maximum atomic E-state index is 12.7. The molecule has 0 radical (unpaired) electrons. The van der Waals surface area contributed by atoms with Crippen LogP contribution < -0.4 is 5.56 Å². The van der Waals surface area contributed by atoms with E-state index in [2.05, 4.69) is 9.97 Å². The number of hydrogen-bond donors (Lipinski definition) is 0. The Labute approximate surface area is 148 Å². The van der Waals surface area contributed by atoms with Gasteiger partial charge in [0, 0.05) is 36.9 Å². The molecule has 3 aromatic heterocycles. The van der Waals surface area contributed by atoms with Crippen molar-refractivity contribution < 1.29 is 4.79 Å². The summed E-state index contributed by atoms with van der Waals surface area (Å²) in [5.74, 6) is 0.632. The van der Waals surface area contributed by atoms with Gasteiger partial charge in [-0.05, 0) is 17.9 Å². The molecule has 0 saturated carbocycles. The molecule has 3 aromatic rings. The Morgan fingerprint density at radius 1 is 1.32 bits per heavy atom. The molecule has 1 aliphatic heterocycles. The summed E-state index contributed by atoms with van der Waals surface area (Å²) in [7, 11) is 0. The fourth-order valence-corrected chi connectivity index (χ4v) is 3.66. The molecule has 1 aliphatic rings. The van der Waals surface area contributed by atoms with E-state index in [1.165, 1.54) is 11.3 Å². The molecule has 0 bridgehead atoms. The molecule has 0 fully saturated rings. The van der Waals surface area contributed by atoms with Crippen LogP contribution in [0.5, 0.6) is 0 Å². The summed E-state index contributed by atoms with van der Waals surface area (Å²) in [6.07, 6.45) is 5.96. The van der Waals surface area contributed by atoms with Crippen LogP contribution in [0.2, 0.25) is 0 Å². The summed E-state index contributed by atoms with van der Waals surface area (Å²) in [6, 6.07) is 3.40. The monoisotopic (exact) mass is 355 g/mol. The number of carbonyl (C=O) groups is 1. The third-order valence-electron chi connectivity index (χ3n) is 4.24. The molecule has 128 valence electrons. The van der Waals surface area contributed by atoms with Gasteiger partial charge < -0.3 is 9.47 Å². The molecule has 25 heavy (non-hydrogen) atoms. The summed E-state index contributed by atoms with van der Waals surface area (Å²) in [5.41, 5.74) is 1.30. The topological polar surface area (TPSA) is 73.0 Å². The number of hydrogen-bond acceptors (Lipinski definition) is 5. The zero-order valence-corrected chi connectivity index (χ0v) is 14.4. The van der Waals surface area contributed by atoms with Gasteiger partial charge in [-0.25, -0.2) is 9.97 Å². The standard InChI is InChI=1S/C17H17N5O2S/c23-16-8-14(9-20-6-3-18-12-20)19-15-10-21(4-1-5-22(15)16)17(24)13-2-7-25-11-13/h2-3,6-8,11-12H,1,4-5,9-10H2. The molecule has 0 unspecified atom stereocenters. The average Bonchev–Trinajstić information content (AvgIpc) is 3.25. The smallest absolute Gasteiger partial charge is 0.255 e. The summed E-state index contributed by atoms with van der Waals surface area (Å²) in [5, 5.41) is 3.74. The Balaban J connectivity index is 1.64. The van der Waals surface area contributed by atoms with E-state index in [-0.39, 0.29) is 11.5 Å². The third-order valence-corrected chi connectivity index (χ3v) is 4.92. The van der Waals surface area contributed by atoms with Gasteiger partial charge in [0.2, 0.25) is 0 Å². The van der Waals surface area contributed by atoms with E-state index in [0.717, 1.165) is 6.42 Å². The molecule has 0 saturated heterocycles. The van der Waals surface area contributed by atoms with Gasteiger partial charge in [-0.15, -0.1) is 0 Å². The molecular weight excluding hydrogens is 338 g/mol. The van der Waals surface area contributed by atoms with Crippen LogP contribution in [0.3, 0.4) is 0 Å². The normalized spacial score (nSPS) is 14.2. The summed E-state index contributed by atoms with van der Waals surface area (Å²) in [6.45, 7) is 2.04. The quantitative estimate of drug-likeness (QED) is 0.715. The highest BCUT2D eigenvalue weighted by atomic mass is 32.1. The lowest BCUT2D eigenvalue weighted by molar-refractivity contribution is 0.0744. The zero-order valence-electron chi connectivity index (χ0n) is 13.5. The first-order valence-electron chi connectivity index (χ1n) is 8.07. The van der Waals surface area contributed by atoms with Crippen LogP contribution in [-0.4, -0.2) is 36.5 Å². The number of thiophene rings is 1. The minimum Gasteiger partial charge on any atom is -0.331 e. The van der Waals surface area contributed by atoms with E-state index in [0.29, 0.717) is 43.3 Å². The highest BCUT2D eigenvalue weighted by Gasteiger charge is 2.22. The van der Waals surface area contributed by atoms with Crippen LogP contribution in [0.4, 0.5) is 0 Å². The van der Waals surface area contributed by atoms with Crippen molar-refractivity contribution in [3.05, 3.63) is 69.0 Å². The number of amides is 1. The Morgan fingerprint density at radius 3 is 3.00 bits per heavy atom. The van der Waals surface area contributed by atoms with E-state index in [1.807, 2.05) is 27.6 Å². The SMILES string of the molecule is O=C(c1ccsc1)N1CCCn2c(nc(Cn3ccnc3)cc2=O)C1. The maximum Gasteiger partial charge on any atom is 0.255 e. The van der Waals surface area contributed by atoms with Gasteiger partial charge >= 0.3 is 0 Å². The minimum atomic E-state index is -0.0649. The predicted octanol–water partition coefficient (Wildman–Crippen LogP) is 1.60. The minimum absolute atomic E-state index is 0.0102. The first-order chi connectivity index (χ1) is 12.2. The Morgan fingerprint density at radius 2 is 2.24 bits per heavy atom. The number of nitrogens with zero attached hydrogens (tertiary/aromatic N) is 5. The van der Waals surface area contributed by atoms with E-state index >= 15 is 0 Å². The van der Waals surface area contributed by atoms with Crippen LogP contribution in [-0.2, 0) is 19.6 Å². The fourth-order valence-electron chi connectivity index (χ4n) is 3.03. The lowest BCUT2D eigenvalue weighted by atomic mass is 10.2. The highest BCUT2D eigenvalue weighted by Crippen LogP contribution is 2.15. The summed E-state index contributed by atoms with van der Waals surface area (Å²) in [4.78, 5) is 35.5. The molecule has 0 aromatic carbocycles. The van der Waals surface area contributed by atoms with Gasteiger partial charge in [-0.1, -0.05) is 0 Å². The fraction of sp³-hybridized carbons (Fsp3) is 0.294. The van der Waals surface area contributed by atoms with Crippen LogP contribution in [0.1, 0.15) is 28.3 Å². The average molecular weight is 355 g/mol. The summed E-state index contributed by atoms with van der Waals surface area (Å²) >= 11 is 1.50. The molecule has 0 spiro atoms. The molecule has 0 atom stereocenters. The zero-order chi connectivity index (χ0) is 17.2. The molecule has 8 heteroatoms. The Bertz CT molecular complexity index is 931. The first kappa shape index (κ1) is 15.8. The molecule has 4 heterocycles. The van der Waals surface area contributed by atoms with E-state index in [9.17, 15) is 9.59 Å². The maximum absolute atomic E-state index is 12.7. The number of fused-ring (bicyclic) bond motifs is 1. The van der Waals surface area contributed by atoms with Gasteiger partial charge in [0.25, 0.3) is 11.5 Å². The Kier molecular flexibility index (Phi) is 4.19. The van der Waals surface area contributed by atoms with Crippen LogP contribution in [0, 0.1) is 0 Å². The molecular formula is C17H17N5O2S. The number of carbonyl (C=O) groups excluding carboxylic acids is 1. The predicted molar refractivity (Wildman–Crippen MR) is 93.5 cm³/mol. The van der Waals surface area contributed by atoms with Crippen molar-refractivity contribution in [2.75, 3.05) is 6.54 Å². The third kappa shape index (κ3) is 3.25. The van der Waals surface area contributed by atoms with Crippen molar-refractivity contribution >= 4 is 17.2 Å². The van der Waals surface area contributed by atoms with Crippen LogP contribution in [0.25, 0.3) is 0 Å². The van der Waals surface area contributed by atoms with Gasteiger partial charge in [0.1, 0.15) is 5.82 Å². The second-order valence-electron chi connectivity index (χ2n) is 5.98. The van der Waals surface area contributed by atoms with Crippen molar-refractivity contribution in [2.45, 2.75) is 26.1 Å². The van der Waals surface area contributed by atoms with Gasteiger partial charge in [-0.3, -0.25) is 14.2 Å². The van der Waals surface area contributed by atoms with Gasteiger partial charge in [-0.2, -0.15) is 11.3 Å². The Hall–Kier alpha value is -2.74. The largest absolute Gasteiger partial charge is 0.331 e. The van der Waals surface area contributed by atoms with Crippen LogP contribution >= 0.6 is 11.3 Å². The van der Waals surface area contributed by atoms with Crippen molar-refractivity contribution in [3.63, 3.8) is 0 Å². The number of imidazole rings is 1. The lowest BCUT2D eigenvalue weighted by Gasteiger charge is -2.19. The molecule has 7 nitrogen and oxygen atoms in total. The van der Waals surface area contributed by atoms with Crippen molar-refractivity contribution in [3.8, 4) is 0 Å². The van der Waals surface area contributed by atoms with Gasteiger partial charge in [0.15, 0.2) is 0 Å². The van der Waals surface area contributed by atoms with Gasteiger partial charge in [0.05, 0.1) is 30.7 Å². The molecule has 0 N–H and O–H groups in total. The molecule has 0 aliphatic carbocycles. The van der Waals surface area contributed by atoms with E-state index < -0.39 is 0 Å². The molecule has 1 amide bonds. The molecule has 4 rings (SSSR count). The summed E-state index contributed by atoms with van der Waals surface area (Å²) < 4.78 is 3.54. The van der Waals surface area contributed by atoms with Crippen LogP contribution in [0.15, 0.2) is 46.4 Å².